The normalized spacial score (nSPS) is 26.6. The molecule has 1 N–H and O–H groups in total. The molecule has 5 heteroatoms. The molecule has 0 bridgehead atoms. The first-order valence-electron chi connectivity index (χ1n) is 7.52. The van der Waals surface area contributed by atoms with E-state index in [1.165, 1.54) is 13.5 Å². The quantitative estimate of drug-likeness (QED) is 0.929. The van der Waals surface area contributed by atoms with Gasteiger partial charge in [0.2, 0.25) is 10.0 Å². The van der Waals surface area contributed by atoms with Gasteiger partial charge in [-0.15, -0.1) is 0 Å². The highest BCUT2D eigenvalue weighted by Crippen LogP contribution is 2.32. The summed E-state index contributed by atoms with van der Waals surface area (Å²) in [6.07, 6.45) is 3.15. The van der Waals surface area contributed by atoms with Gasteiger partial charge in [-0.2, -0.15) is 0 Å². The molecule has 0 aromatic heterocycles. The molecule has 0 heterocycles. The highest BCUT2D eigenvalue weighted by molar-refractivity contribution is 7.89. The number of methoxy groups -OCH3 is 1. The number of rotatable bonds is 4. The average Bonchev–Trinajstić information content (AvgIpc) is 2.44. The molecule has 0 radical (unpaired) electrons. The third-order valence-corrected chi connectivity index (χ3v) is 6.13. The Bertz CT molecular complexity index is 598. The van der Waals surface area contributed by atoms with Gasteiger partial charge < -0.3 is 4.74 Å². The topological polar surface area (TPSA) is 55.4 Å². The summed E-state index contributed by atoms with van der Waals surface area (Å²) in [5.74, 6) is 1.29. The highest BCUT2D eigenvalue weighted by atomic mass is 32.2. The Labute approximate surface area is 127 Å². The van der Waals surface area contributed by atoms with Crippen molar-refractivity contribution >= 4 is 10.0 Å². The van der Waals surface area contributed by atoms with Gasteiger partial charge in [0.25, 0.3) is 0 Å². The maximum absolute atomic E-state index is 12.7. The summed E-state index contributed by atoms with van der Waals surface area (Å²) in [4.78, 5) is 0.232. The van der Waals surface area contributed by atoms with Crippen molar-refractivity contribution in [1.82, 2.24) is 4.72 Å². The van der Waals surface area contributed by atoms with Crippen LogP contribution in [-0.2, 0) is 10.0 Å². The van der Waals surface area contributed by atoms with Crippen LogP contribution in [0.1, 0.15) is 38.7 Å². The predicted molar refractivity (Wildman–Crippen MR) is 84.0 cm³/mol. The summed E-state index contributed by atoms with van der Waals surface area (Å²) in [6, 6.07) is 5.22. The third kappa shape index (κ3) is 3.58. The first-order chi connectivity index (χ1) is 9.85. The molecule has 1 fully saturated rings. The van der Waals surface area contributed by atoms with Gasteiger partial charge in [0.1, 0.15) is 10.6 Å². The number of hydrogen-bond acceptors (Lipinski definition) is 3. The lowest BCUT2D eigenvalue weighted by molar-refractivity contribution is 0.227. The predicted octanol–water partition coefficient (Wildman–Crippen LogP) is 3.11. The van der Waals surface area contributed by atoms with Gasteiger partial charge in [0.15, 0.2) is 0 Å². The molecule has 1 saturated carbocycles. The standard InChI is InChI=1S/C16H25NO3S/c1-11-8-9-15(20-4)16(10-11)21(18,19)17-14-7-5-6-12(2)13(14)3/h8-10,12-14,17H,5-7H2,1-4H3/t12-,13+,14+/m1/s1. The van der Waals surface area contributed by atoms with Gasteiger partial charge in [-0.25, -0.2) is 13.1 Å². The average molecular weight is 311 g/mol. The Morgan fingerprint density at radius 3 is 2.62 bits per heavy atom. The largest absolute Gasteiger partial charge is 0.495 e. The Balaban J connectivity index is 2.28. The summed E-state index contributed by atoms with van der Waals surface area (Å²) in [6.45, 7) is 6.20. The molecule has 0 spiro atoms. The van der Waals surface area contributed by atoms with E-state index in [-0.39, 0.29) is 10.9 Å². The zero-order valence-electron chi connectivity index (χ0n) is 13.2. The van der Waals surface area contributed by atoms with Crippen molar-refractivity contribution in [2.24, 2.45) is 11.8 Å². The van der Waals surface area contributed by atoms with Crippen molar-refractivity contribution in [3.8, 4) is 5.75 Å². The summed E-state index contributed by atoms with van der Waals surface area (Å²) in [5, 5.41) is 0. The van der Waals surface area contributed by atoms with E-state index in [0.29, 0.717) is 17.6 Å². The monoisotopic (exact) mass is 311 g/mol. The second-order valence-corrected chi connectivity index (χ2v) is 7.83. The Morgan fingerprint density at radius 2 is 1.95 bits per heavy atom. The highest BCUT2D eigenvalue weighted by Gasteiger charge is 2.31. The van der Waals surface area contributed by atoms with Gasteiger partial charge in [-0.3, -0.25) is 0 Å². The van der Waals surface area contributed by atoms with Crippen molar-refractivity contribution in [3.63, 3.8) is 0 Å². The van der Waals surface area contributed by atoms with Crippen LogP contribution in [-0.4, -0.2) is 21.6 Å². The molecule has 1 aromatic rings. The SMILES string of the molecule is COc1ccc(C)cc1S(=O)(=O)N[C@H]1CCC[C@@H](C)[C@@H]1C. The van der Waals surface area contributed by atoms with Crippen LogP contribution in [0.15, 0.2) is 23.1 Å². The van der Waals surface area contributed by atoms with E-state index < -0.39 is 10.0 Å². The van der Waals surface area contributed by atoms with E-state index in [4.69, 9.17) is 4.74 Å². The van der Waals surface area contributed by atoms with Crippen molar-refractivity contribution in [1.29, 1.82) is 0 Å². The molecule has 118 valence electrons. The maximum Gasteiger partial charge on any atom is 0.244 e. The van der Waals surface area contributed by atoms with E-state index >= 15 is 0 Å². The lowest BCUT2D eigenvalue weighted by Gasteiger charge is -2.34. The van der Waals surface area contributed by atoms with Crippen LogP contribution in [0.4, 0.5) is 0 Å². The van der Waals surface area contributed by atoms with Crippen LogP contribution in [0.25, 0.3) is 0 Å². The van der Waals surface area contributed by atoms with Crippen molar-refractivity contribution in [3.05, 3.63) is 23.8 Å². The number of sulfonamides is 1. The van der Waals surface area contributed by atoms with Gasteiger partial charge in [0.05, 0.1) is 7.11 Å². The summed E-state index contributed by atoms with van der Waals surface area (Å²) in [5.41, 5.74) is 0.904. The lowest BCUT2D eigenvalue weighted by atomic mass is 9.78. The van der Waals surface area contributed by atoms with Crippen LogP contribution in [0.3, 0.4) is 0 Å². The molecule has 1 aromatic carbocycles. The fourth-order valence-corrected chi connectivity index (χ4v) is 4.62. The molecule has 0 amide bonds. The summed E-state index contributed by atoms with van der Waals surface area (Å²) in [7, 11) is -2.06. The molecule has 4 nitrogen and oxygen atoms in total. The van der Waals surface area contributed by atoms with Crippen LogP contribution in [0.5, 0.6) is 5.75 Å². The minimum atomic E-state index is -3.56. The van der Waals surface area contributed by atoms with E-state index in [2.05, 4.69) is 18.6 Å². The molecule has 0 unspecified atom stereocenters. The second kappa shape index (κ2) is 6.36. The Morgan fingerprint density at radius 1 is 1.24 bits per heavy atom. The smallest absolute Gasteiger partial charge is 0.244 e. The summed E-state index contributed by atoms with van der Waals surface area (Å²) < 4.78 is 33.5. The number of hydrogen-bond donors (Lipinski definition) is 1. The van der Waals surface area contributed by atoms with Gasteiger partial charge in [0, 0.05) is 6.04 Å². The van der Waals surface area contributed by atoms with E-state index in [0.717, 1.165) is 18.4 Å². The maximum atomic E-state index is 12.7. The first-order valence-corrected chi connectivity index (χ1v) is 9.00. The van der Waals surface area contributed by atoms with Crippen LogP contribution in [0.2, 0.25) is 0 Å². The molecule has 21 heavy (non-hydrogen) atoms. The van der Waals surface area contributed by atoms with E-state index in [1.54, 1.807) is 12.1 Å². The van der Waals surface area contributed by atoms with E-state index in [1.807, 2.05) is 13.0 Å². The van der Waals surface area contributed by atoms with Crippen molar-refractivity contribution in [2.75, 3.05) is 7.11 Å². The first kappa shape index (κ1) is 16.3. The van der Waals surface area contributed by atoms with Gasteiger partial charge in [-0.05, 0) is 42.9 Å². The Kier molecular flexibility index (Phi) is 4.94. The molecule has 3 atom stereocenters. The lowest BCUT2D eigenvalue weighted by Crippen LogP contribution is -2.43. The van der Waals surface area contributed by atoms with Gasteiger partial charge >= 0.3 is 0 Å². The molecular weight excluding hydrogens is 286 g/mol. The molecule has 0 saturated heterocycles. The summed E-state index contributed by atoms with van der Waals surface area (Å²) >= 11 is 0. The zero-order valence-corrected chi connectivity index (χ0v) is 14.0. The Hall–Kier alpha value is -1.07. The van der Waals surface area contributed by atoms with Crippen LogP contribution < -0.4 is 9.46 Å². The minimum Gasteiger partial charge on any atom is -0.495 e. The fraction of sp³-hybridized carbons (Fsp3) is 0.625. The minimum absolute atomic E-state index is 0.00367. The van der Waals surface area contributed by atoms with E-state index in [9.17, 15) is 8.42 Å². The fourth-order valence-electron chi connectivity index (χ4n) is 3.01. The van der Waals surface area contributed by atoms with Crippen LogP contribution >= 0.6 is 0 Å². The van der Waals surface area contributed by atoms with Crippen LogP contribution in [0, 0.1) is 18.8 Å². The number of benzene rings is 1. The third-order valence-electron chi connectivity index (χ3n) is 4.62. The van der Waals surface area contributed by atoms with Gasteiger partial charge in [-0.1, -0.05) is 32.8 Å². The molecular formula is C16H25NO3S. The second-order valence-electron chi connectivity index (χ2n) is 6.15. The molecule has 0 aliphatic heterocycles. The zero-order chi connectivity index (χ0) is 15.6. The number of nitrogens with one attached hydrogen (secondary N) is 1. The molecule has 2 rings (SSSR count). The van der Waals surface area contributed by atoms with Crippen molar-refractivity contribution in [2.45, 2.75) is 51.0 Å². The van der Waals surface area contributed by atoms with Crippen molar-refractivity contribution < 1.29 is 13.2 Å². The number of aryl methyl sites for hydroxylation is 1. The molecule has 1 aliphatic carbocycles. The number of ether oxygens (including phenoxy) is 1. The molecule has 1 aliphatic rings.